The van der Waals surface area contributed by atoms with Crippen LogP contribution in [-0.4, -0.2) is 6.04 Å². The summed E-state index contributed by atoms with van der Waals surface area (Å²) >= 11 is 0. The zero-order valence-corrected chi connectivity index (χ0v) is 6.43. The maximum atomic E-state index is 13.0. The standard InChI is InChI=1S/C9H9F2N/c10-5-1-2-6(8(11)3-5)7-4-9(7)12/h1-3,7,9H,4,12H2/t7-,9+/m0/s1. The summed E-state index contributed by atoms with van der Waals surface area (Å²) in [5.41, 5.74) is 6.09. The second kappa shape index (κ2) is 2.52. The minimum atomic E-state index is -0.537. The lowest BCUT2D eigenvalue weighted by molar-refractivity contribution is 0.572. The summed E-state index contributed by atoms with van der Waals surface area (Å²) in [7, 11) is 0. The number of nitrogens with two attached hydrogens (primary N) is 1. The molecule has 1 aromatic carbocycles. The Kier molecular flexibility index (Phi) is 1.61. The van der Waals surface area contributed by atoms with E-state index in [9.17, 15) is 8.78 Å². The number of rotatable bonds is 1. The smallest absolute Gasteiger partial charge is 0.129 e. The van der Waals surface area contributed by atoms with Crippen LogP contribution in [0.1, 0.15) is 17.9 Å². The third-order valence-corrected chi connectivity index (χ3v) is 2.20. The Hall–Kier alpha value is -0.960. The summed E-state index contributed by atoms with van der Waals surface area (Å²) in [6.45, 7) is 0. The Morgan fingerprint density at radius 3 is 2.50 bits per heavy atom. The van der Waals surface area contributed by atoms with Crippen molar-refractivity contribution in [2.45, 2.75) is 18.4 Å². The monoisotopic (exact) mass is 169 g/mol. The summed E-state index contributed by atoms with van der Waals surface area (Å²) in [6.07, 6.45) is 0.808. The van der Waals surface area contributed by atoms with Crippen molar-refractivity contribution in [1.29, 1.82) is 0 Å². The van der Waals surface area contributed by atoms with Crippen LogP contribution in [0.15, 0.2) is 18.2 Å². The molecule has 1 aliphatic rings. The SMILES string of the molecule is N[C@@H]1C[C@H]1c1ccc(F)cc1F. The van der Waals surface area contributed by atoms with E-state index in [0.29, 0.717) is 5.56 Å². The topological polar surface area (TPSA) is 26.0 Å². The molecular formula is C9H9F2N. The van der Waals surface area contributed by atoms with E-state index in [4.69, 9.17) is 5.73 Å². The van der Waals surface area contributed by atoms with Crippen LogP contribution in [0.3, 0.4) is 0 Å². The lowest BCUT2D eigenvalue weighted by Crippen LogP contribution is -2.02. The molecule has 3 heteroatoms. The van der Waals surface area contributed by atoms with Gasteiger partial charge in [-0.3, -0.25) is 0 Å². The number of halogens is 2. The fourth-order valence-corrected chi connectivity index (χ4v) is 1.37. The molecular weight excluding hydrogens is 160 g/mol. The predicted molar refractivity (Wildman–Crippen MR) is 41.7 cm³/mol. The van der Waals surface area contributed by atoms with Gasteiger partial charge < -0.3 is 5.73 Å². The van der Waals surface area contributed by atoms with Crippen LogP contribution < -0.4 is 5.73 Å². The van der Waals surface area contributed by atoms with Crippen molar-refractivity contribution in [2.75, 3.05) is 0 Å². The number of hydrogen-bond acceptors (Lipinski definition) is 1. The molecule has 0 aromatic heterocycles. The van der Waals surface area contributed by atoms with Crippen molar-refractivity contribution in [2.24, 2.45) is 5.73 Å². The van der Waals surface area contributed by atoms with Gasteiger partial charge in [0.1, 0.15) is 11.6 Å². The normalized spacial score (nSPS) is 27.2. The van der Waals surface area contributed by atoms with E-state index < -0.39 is 11.6 Å². The van der Waals surface area contributed by atoms with Gasteiger partial charge in [0.25, 0.3) is 0 Å². The Bertz CT molecular complexity index is 311. The van der Waals surface area contributed by atoms with Crippen LogP contribution in [0.4, 0.5) is 8.78 Å². The molecule has 1 aliphatic carbocycles. The molecule has 0 spiro atoms. The quantitative estimate of drug-likeness (QED) is 0.681. The van der Waals surface area contributed by atoms with Gasteiger partial charge in [-0.05, 0) is 18.1 Å². The lowest BCUT2D eigenvalue weighted by atomic mass is 10.1. The molecule has 64 valence electrons. The summed E-state index contributed by atoms with van der Waals surface area (Å²) in [4.78, 5) is 0. The first kappa shape index (κ1) is 7.68. The largest absolute Gasteiger partial charge is 0.327 e. The first-order valence-electron chi connectivity index (χ1n) is 3.89. The highest BCUT2D eigenvalue weighted by Crippen LogP contribution is 2.40. The molecule has 0 unspecified atom stereocenters. The molecule has 0 saturated heterocycles. The van der Waals surface area contributed by atoms with Crippen LogP contribution in [0.25, 0.3) is 0 Å². The van der Waals surface area contributed by atoms with Crippen molar-refractivity contribution >= 4 is 0 Å². The molecule has 2 atom stereocenters. The maximum absolute atomic E-state index is 13.0. The number of benzene rings is 1. The van der Waals surface area contributed by atoms with Crippen molar-refractivity contribution in [3.63, 3.8) is 0 Å². The molecule has 1 saturated carbocycles. The highest BCUT2D eigenvalue weighted by Gasteiger charge is 2.36. The van der Waals surface area contributed by atoms with Crippen LogP contribution in [-0.2, 0) is 0 Å². The molecule has 0 heterocycles. The van der Waals surface area contributed by atoms with Gasteiger partial charge in [0.05, 0.1) is 0 Å². The van der Waals surface area contributed by atoms with Crippen molar-refractivity contribution in [1.82, 2.24) is 0 Å². The highest BCUT2D eigenvalue weighted by molar-refractivity contribution is 5.29. The number of hydrogen-bond donors (Lipinski definition) is 1. The van der Waals surface area contributed by atoms with Crippen LogP contribution >= 0.6 is 0 Å². The highest BCUT2D eigenvalue weighted by atomic mass is 19.1. The van der Waals surface area contributed by atoms with Crippen LogP contribution in [0.2, 0.25) is 0 Å². The Morgan fingerprint density at radius 1 is 1.33 bits per heavy atom. The van der Waals surface area contributed by atoms with Gasteiger partial charge in [0.2, 0.25) is 0 Å². The molecule has 12 heavy (non-hydrogen) atoms. The van der Waals surface area contributed by atoms with E-state index in [1.54, 1.807) is 0 Å². The second-order valence-corrected chi connectivity index (χ2v) is 3.17. The van der Waals surface area contributed by atoms with Crippen molar-refractivity contribution < 1.29 is 8.78 Å². The first-order chi connectivity index (χ1) is 5.68. The predicted octanol–water partition coefficient (Wildman–Crippen LogP) is 1.78. The molecule has 0 amide bonds. The van der Waals surface area contributed by atoms with Gasteiger partial charge in [0.15, 0.2) is 0 Å². The molecule has 1 nitrogen and oxygen atoms in total. The van der Waals surface area contributed by atoms with Gasteiger partial charge in [-0.15, -0.1) is 0 Å². The third kappa shape index (κ3) is 1.20. The minimum absolute atomic E-state index is 0.0601. The van der Waals surface area contributed by atoms with Crippen LogP contribution in [0.5, 0.6) is 0 Å². The van der Waals surface area contributed by atoms with Crippen LogP contribution in [0, 0.1) is 11.6 Å². The first-order valence-corrected chi connectivity index (χ1v) is 3.89. The fourth-order valence-electron chi connectivity index (χ4n) is 1.37. The maximum Gasteiger partial charge on any atom is 0.129 e. The molecule has 2 N–H and O–H groups in total. The third-order valence-electron chi connectivity index (χ3n) is 2.20. The van der Waals surface area contributed by atoms with Gasteiger partial charge in [-0.1, -0.05) is 6.07 Å². The van der Waals surface area contributed by atoms with Gasteiger partial charge >= 0.3 is 0 Å². The van der Waals surface area contributed by atoms with Gasteiger partial charge in [-0.25, -0.2) is 8.78 Å². The van der Waals surface area contributed by atoms with E-state index in [2.05, 4.69) is 0 Å². The average molecular weight is 169 g/mol. The molecule has 0 aliphatic heterocycles. The summed E-state index contributed by atoms with van der Waals surface area (Å²) in [5.74, 6) is -0.913. The zero-order valence-electron chi connectivity index (χ0n) is 6.43. The molecule has 0 bridgehead atoms. The lowest BCUT2D eigenvalue weighted by Gasteiger charge is -1.99. The van der Waals surface area contributed by atoms with E-state index in [1.165, 1.54) is 12.1 Å². The second-order valence-electron chi connectivity index (χ2n) is 3.17. The van der Waals surface area contributed by atoms with Crippen molar-refractivity contribution in [3.8, 4) is 0 Å². The molecule has 1 fully saturated rings. The van der Waals surface area contributed by atoms with E-state index in [-0.39, 0.29) is 12.0 Å². The van der Waals surface area contributed by atoms with E-state index >= 15 is 0 Å². The van der Waals surface area contributed by atoms with Gasteiger partial charge in [-0.2, -0.15) is 0 Å². The Labute approximate surface area is 69.2 Å². The fraction of sp³-hybridized carbons (Fsp3) is 0.333. The molecule has 1 aromatic rings. The summed E-state index contributed by atoms with van der Waals surface area (Å²) in [6, 6.07) is 3.71. The average Bonchev–Trinajstić information content (AvgIpc) is 2.66. The molecule has 2 rings (SSSR count). The minimum Gasteiger partial charge on any atom is -0.327 e. The summed E-state index contributed by atoms with van der Waals surface area (Å²) < 4.78 is 25.5. The summed E-state index contributed by atoms with van der Waals surface area (Å²) in [5, 5.41) is 0. The Balaban J connectivity index is 2.33. The van der Waals surface area contributed by atoms with E-state index in [1.807, 2.05) is 0 Å². The molecule has 0 radical (unpaired) electrons. The van der Waals surface area contributed by atoms with Crippen molar-refractivity contribution in [3.05, 3.63) is 35.4 Å². The Morgan fingerprint density at radius 2 is 2.00 bits per heavy atom. The zero-order chi connectivity index (χ0) is 8.72. The van der Waals surface area contributed by atoms with Gasteiger partial charge in [0, 0.05) is 18.0 Å². The van der Waals surface area contributed by atoms with E-state index in [0.717, 1.165) is 12.5 Å².